The number of nitrogens with zero attached hydrogens (tertiary/aromatic N) is 2. The van der Waals surface area contributed by atoms with Crippen molar-refractivity contribution in [2.24, 2.45) is 11.7 Å². The molecule has 1 heterocycles. The summed E-state index contributed by atoms with van der Waals surface area (Å²) >= 11 is 0. The van der Waals surface area contributed by atoms with Crippen molar-refractivity contribution in [3.05, 3.63) is 78.1 Å². The van der Waals surface area contributed by atoms with Gasteiger partial charge in [0.1, 0.15) is 11.9 Å². The molecule has 162 valence electrons. The van der Waals surface area contributed by atoms with Gasteiger partial charge in [0.05, 0.1) is 12.1 Å². The number of benzene rings is 3. The van der Waals surface area contributed by atoms with E-state index in [2.05, 4.69) is 20.6 Å². The van der Waals surface area contributed by atoms with Gasteiger partial charge in [-0.3, -0.25) is 9.59 Å². The van der Waals surface area contributed by atoms with Gasteiger partial charge < -0.3 is 16.4 Å². The molecule has 0 radical (unpaired) electrons. The standard InChI is InChI=1S/C25H25N5O2/c1-15(2)22(23(26)31)30-24-19-9-5-6-10-20(19)28-21(29-24)14-27-25(32)18-12-11-16-7-3-4-8-17(16)13-18/h3-13,15,22H,14H2,1-2H3,(H2,26,31)(H,27,32)(H,28,29,30)/t22-/m0/s1. The van der Waals surface area contributed by atoms with Gasteiger partial charge in [-0.15, -0.1) is 0 Å². The van der Waals surface area contributed by atoms with Gasteiger partial charge in [-0.25, -0.2) is 9.97 Å². The highest BCUT2D eigenvalue weighted by molar-refractivity contribution is 5.98. The van der Waals surface area contributed by atoms with Crippen molar-refractivity contribution in [2.75, 3.05) is 5.32 Å². The fraction of sp³-hybridized carbons (Fsp3) is 0.200. The molecule has 1 aromatic heterocycles. The van der Waals surface area contributed by atoms with Crippen molar-refractivity contribution in [1.29, 1.82) is 0 Å². The van der Waals surface area contributed by atoms with Crippen LogP contribution in [0.25, 0.3) is 21.7 Å². The number of carbonyl (C=O) groups is 2. The van der Waals surface area contributed by atoms with E-state index in [0.717, 1.165) is 16.2 Å². The number of carbonyl (C=O) groups excluding carboxylic acids is 2. The Morgan fingerprint density at radius 1 is 0.938 bits per heavy atom. The molecule has 3 aromatic carbocycles. The molecule has 4 rings (SSSR count). The van der Waals surface area contributed by atoms with Crippen LogP contribution in [0.15, 0.2) is 66.7 Å². The number of para-hydroxylation sites is 1. The summed E-state index contributed by atoms with van der Waals surface area (Å²) < 4.78 is 0. The summed E-state index contributed by atoms with van der Waals surface area (Å²) in [5.41, 5.74) is 6.85. The molecule has 7 nitrogen and oxygen atoms in total. The van der Waals surface area contributed by atoms with E-state index in [9.17, 15) is 9.59 Å². The van der Waals surface area contributed by atoms with Gasteiger partial charge in [0, 0.05) is 10.9 Å². The fourth-order valence-corrected chi connectivity index (χ4v) is 3.62. The van der Waals surface area contributed by atoms with Crippen LogP contribution in [0.5, 0.6) is 0 Å². The van der Waals surface area contributed by atoms with E-state index in [1.807, 2.05) is 74.5 Å². The lowest BCUT2D eigenvalue weighted by Gasteiger charge is -2.21. The third-order valence-corrected chi connectivity index (χ3v) is 5.33. The zero-order chi connectivity index (χ0) is 22.7. The summed E-state index contributed by atoms with van der Waals surface area (Å²) in [5, 5.41) is 8.91. The van der Waals surface area contributed by atoms with Gasteiger partial charge in [0.2, 0.25) is 5.91 Å². The third-order valence-electron chi connectivity index (χ3n) is 5.33. The number of primary amides is 1. The Labute approximate surface area is 186 Å². The van der Waals surface area contributed by atoms with E-state index < -0.39 is 11.9 Å². The molecular weight excluding hydrogens is 402 g/mol. The first-order valence-electron chi connectivity index (χ1n) is 10.5. The van der Waals surface area contributed by atoms with Crippen LogP contribution in [-0.4, -0.2) is 27.8 Å². The SMILES string of the molecule is CC(C)[C@H](Nc1nc(CNC(=O)c2ccc3ccccc3c2)nc2ccccc12)C(N)=O. The third kappa shape index (κ3) is 4.51. The molecule has 4 N–H and O–H groups in total. The van der Waals surface area contributed by atoms with E-state index >= 15 is 0 Å². The molecule has 0 unspecified atom stereocenters. The lowest BCUT2D eigenvalue weighted by atomic mass is 10.0. The normalized spacial score (nSPS) is 12.1. The Hall–Kier alpha value is -4.00. The number of aromatic nitrogens is 2. The Kier molecular flexibility index (Phi) is 5.98. The van der Waals surface area contributed by atoms with E-state index in [1.54, 1.807) is 6.07 Å². The molecule has 0 aliphatic heterocycles. The molecule has 4 aromatic rings. The Bertz CT molecular complexity index is 1300. The van der Waals surface area contributed by atoms with Crippen LogP contribution >= 0.6 is 0 Å². The van der Waals surface area contributed by atoms with Gasteiger partial charge in [-0.1, -0.05) is 56.3 Å². The largest absolute Gasteiger partial charge is 0.368 e. The summed E-state index contributed by atoms with van der Waals surface area (Å²) in [6.07, 6.45) is 0. The first kappa shape index (κ1) is 21.2. The van der Waals surface area contributed by atoms with Crippen LogP contribution in [0, 0.1) is 5.92 Å². The summed E-state index contributed by atoms with van der Waals surface area (Å²) in [4.78, 5) is 33.8. The van der Waals surface area contributed by atoms with Crippen molar-refractivity contribution in [3.8, 4) is 0 Å². The maximum atomic E-state index is 12.7. The molecule has 0 saturated heterocycles. The predicted molar refractivity (Wildman–Crippen MR) is 126 cm³/mol. The summed E-state index contributed by atoms with van der Waals surface area (Å²) in [6, 6.07) is 20.4. The second-order valence-electron chi connectivity index (χ2n) is 8.02. The maximum absolute atomic E-state index is 12.7. The van der Waals surface area contributed by atoms with E-state index in [-0.39, 0.29) is 18.4 Å². The van der Waals surface area contributed by atoms with Gasteiger partial charge in [-0.05, 0) is 41.0 Å². The monoisotopic (exact) mass is 427 g/mol. The molecule has 2 amide bonds. The van der Waals surface area contributed by atoms with E-state index in [0.29, 0.717) is 22.7 Å². The van der Waals surface area contributed by atoms with Gasteiger partial charge >= 0.3 is 0 Å². The fourth-order valence-electron chi connectivity index (χ4n) is 3.62. The molecule has 32 heavy (non-hydrogen) atoms. The molecule has 0 aliphatic rings. The quantitative estimate of drug-likeness (QED) is 0.417. The van der Waals surface area contributed by atoms with Gasteiger partial charge in [-0.2, -0.15) is 0 Å². The van der Waals surface area contributed by atoms with Crippen LogP contribution in [-0.2, 0) is 11.3 Å². The minimum atomic E-state index is -0.576. The average Bonchev–Trinajstić information content (AvgIpc) is 2.80. The van der Waals surface area contributed by atoms with Gasteiger partial charge in [0.25, 0.3) is 5.91 Å². The topological polar surface area (TPSA) is 110 Å². The smallest absolute Gasteiger partial charge is 0.251 e. The Balaban J connectivity index is 1.58. The Morgan fingerprint density at radius 3 is 2.41 bits per heavy atom. The lowest BCUT2D eigenvalue weighted by Crippen LogP contribution is -2.40. The zero-order valence-electron chi connectivity index (χ0n) is 18.0. The molecule has 0 saturated carbocycles. The van der Waals surface area contributed by atoms with Crippen molar-refractivity contribution in [3.63, 3.8) is 0 Å². The summed E-state index contributed by atoms with van der Waals surface area (Å²) in [5.74, 6) is 0.278. The van der Waals surface area contributed by atoms with Crippen LogP contribution in [0.4, 0.5) is 5.82 Å². The number of nitrogens with one attached hydrogen (secondary N) is 2. The summed E-state index contributed by atoms with van der Waals surface area (Å²) in [6.45, 7) is 3.97. The van der Waals surface area contributed by atoms with Gasteiger partial charge in [0.15, 0.2) is 5.82 Å². The number of rotatable bonds is 7. The van der Waals surface area contributed by atoms with Crippen LogP contribution in [0.1, 0.15) is 30.0 Å². The zero-order valence-corrected chi connectivity index (χ0v) is 18.0. The summed E-state index contributed by atoms with van der Waals surface area (Å²) in [7, 11) is 0. The number of anilines is 1. The van der Waals surface area contributed by atoms with Crippen molar-refractivity contribution in [2.45, 2.75) is 26.4 Å². The lowest BCUT2D eigenvalue weighted by molar-refractivity contribution is -0.119. The molecule has 7 heteroatoms. The average molecular weight is 428 g/mol. The second kappa shape index (κ2) is 9.01. The molecular formula is C25H25N5O2. The highest BCUT2D eigenvalue weighted by Gasteiger charge is 2.21. The van der Waals surface area contributed by atoms with E-state index in [4.69, 9.17) is 5.73 Å². The minimum Gasteiger partial charge on any atom is -0.368 e. The minimum absolute atomic E-state index is 0.0164. The number of fused-ring (bicyclic) bond motifs is 2. The van der Waals surface area contributed by atoms with Crippen LogP contribution in [0.2, 0.25) is 0 Å². The van der Waals surface area contributed by atoms with Crippen molar-refractivity contribution >= 4 is 39.3 Å². The first-order valence-corrected chi connectivity index (χ1v) is 10.5. The second-order valence-corrected chi connectivity index (χ2v) is 8.02. The molecule has 0 fully saturated rings. The first-order chi connectivity index (χ1) is 15.4. The molecule has 0 spiro atoms. The highest BCUT2D eigenvalue weighted by atomic mass is 16.2. The number of hydrogen-bond donors (Lipinski definition) is 3. The Morgan fingerprint density at radius 2 is 1.66 bits per heavy atom. The van der Waals surface area contributed by atoms with E-state index in [1.165, 1.54) is 0 Å². The predicted octanol–water partition coefficient (Wildman–Crippen LogP) is 3.63. The number of hydrogen-bond acceptors (Lipinski definition) is 5. The van der Waals surface area contributed by atoms with Crippen molar-refractivity contribution < 1.29 is 9.59 Å². The molecule has 1 atom stereocenters. The molecule has 0 aliphatic carbocycles. The van der Waals surface area contributed by atoms with Crippen LogP contribution in [0.3, 0.4) is 0 Å². The van der Waals surface area contributed by atoms with Crippen molar-refractivity contribution in [1.82, 2.24) is 15.3 Å². The number of nitrogens with two attached hydrogens (primary N) is 1. The highest BCUT2D eigenvalue weighted by Crippen LogP contribution is 2.22. The number of amides is 2. The molecule has 0 bridgehead atoms. The maximum Gasteiger partial charge on any atom is 0.251 e. The van der Waals surface area contributed by atoms with Crippen LogP contribution < -0.4 is 16.4 Å².